The number of thiophene rings is 1. The van der Waals surface area contributed by atoms with E-state index >= 15 is 0 Å². The van der Waals surface area contributed by atoms with Crippen LogP contribution in [0.3, 0.4) is 0 Å². The van der Waals surface area contributed by atoms with E-state index in [9.17, 15) is 9.59 Å². The van der Waals surface area contributed by atoms with E-state index in [0.29, 0.717) is 19.6 Å². The van der Waals surface area contributed by atoms with Crippen molar-refractivity contribution in [3.8, 4) is 0 Å². The van der Waals surface area contributed by atoms with Gasteiger partial charge in [0.2, 0.25) is 0 Å². The van der Waals surface area contributed by atoms with Crippen LogP contribution in [-0.2, 0) is 33.7 Å². The quantitative estimate of drug-likeness (QED) is 0.232. The molecule has 1 aromatic heterocycles. The zero-order valence-electron chi connectivity index (χ0n) is 21.0. The zero-order chi connectivity index (χ0) is 25.9. The second-order valence-corrected chi connectivity index (χ2v) is 10.1. The monoisotopic (exact) mass is 515 g/mol. The largest absolute Gasteiger partial charge is 0.464 e. The van der Waals surface area contributed by atoms with Crippen LogP contribution in [0.5, 0.6) is 0 Å². The van der Waals surface area contributed by atoms with Gasteiger partial charge in [-0.3, -0.25) is 14.5 Å². The Morgan fingerprint density at radius 2 is 1.84 bits per heavy atom. The first-order valence-corrected chi connectivity index (χ1v) is 13.6. The van der Waals surface area contributed by atoms with E-state index in [2.05, 4.69) is 35.2 Å². The molecule has 0 bridgehead atoms. The van der Waals surface area contributed by atoms with Crippen LogP contribution in [0, 0.1) is 0 Å². The molecule has 4 rings (SSSR count). The minimum atomic E-state index is -0.483. The maximum absolute atomic E-state index is 12.3. The van der Waals surface area contributed by atoms with Crippen LogP contribution in [0.4, 0.5) is 0 Å². The number of carbonyl (C=O) groups excluding carboxylic acids is 2. The van der Waals surface area contributed by atoms with Crippen molar-refractivity contribution in [3.05, 3.63) is 105 Å². The van der Waals surface area contributed by atoms with Crippen LogP contribution in [0.1, 0.15) is 40.0 Å². The Kier molecular flexibility index (Phi) is 10.0. The molecular formula is C31H33NO4S. The van der Waals surface area contributed by atoms with Crippen molar-refractivity contribution in [2.24, 2.45) is 0 Å². The maximum atomic E-state index is 12.3. The first-order valence-electron chi connectivity index (χ1n) is 12.7. The van der Waals surface area contributed by atoms with Gasteiger partial charge in [0.15, 0.2) is 5.78 Å². The first kappa shape index (κ1) is 26.7. The Hall–Kier alpha value is -3.32. The Bertz CT molecular complexity index is 1230. The summed E-state index contributed by atoms with van der Waals surface area (Å²) in [4.78, 5) is 27.1. The van der Waals surface area contributed by atoms with Gasteiger partial charge in [0, 0.05) is 24.5 Å². The molecule has 1 N–H and O–H groups in total. The second kappa shape index (κ2) is 13.8. The topological polar surface area (TPSA) is 66.8 Å². The lowest BCUT2D eigenvalue weighted by Crippen LogP contribution is -2.29. The number of ether oxygens (including phenoxy) is 1. The zero-order valence-corrected chi connectivity index (χ0v) is 21.8. The Labute approximate surface area is 222 Å². The molecule has 192 valence electrons. The third kappa shape index (κ3) is 8.35. The number of aliphatic hydroxyl groups is 1. The molecule has 0 fully saturated rings. The van der Waals surface area contributed by atoms with E-state index in [-0.39, 0.29) is 11.8 Å². The van der Waals surface area contributed by atoms with Gasteiger partial charge in [-0.1, -0.05) is 66.7 Å². The summed E-state index contributed by atoms with van der Waals surface area (Å²) in [5.74, 6) is -0.475. The highest BCUT2D eigenvalue weighted by molar-refractivity contribution is 7.09. The van der Waals surface area contributed by atoms with Crippen molar-refractivity contribution in [1.29, 1.82) is 0 Å². The average Bonchev–Trinajstić information content (AvgIpc) is 3.60. The molecule has 0 atom stereocenters. The molecule has 0 amide bonds. The predicted molar refractivity (Wildman–Crippen MR) is 149 cm³/mol. The van der Waals surface area contributed by atoms with Crippen molar-refractivity contribution < 1.29 is 19.4 Å². The van der Waals surface area contributed by atoms with Gasteiger partial charge in [0.05, 0.1) is 6.42 Å². The van der Waals surface area contributed by atoms with Gasteiger partial charge in [-0.2, -0.15) is 0 Å². The van der Waals surface area contributed by atoms with Gasteiger partial charge >= 0.3 is 5.97 Å². The number of hydrogen-bond acceptors (Lipinski definition) is 6. The summed E-state index contributed by atoms with van der Waals surface area (Å²) in [7, 11) is 0. The Morgan fingerprint density at radius 3 is 2.62 bits per heavy atom. The average molecular weight is 516 g/mol. The molecule has 0 saturated heterocycles. The van der Waals surface area contributed by atoms with Gasteiger partial charge in [-0.15, -0.1) is 11.3 Å². The van der Waals surface area contributed by atoms with Gasteiger partial charge < -0.3 is 9.84 Å². The molecule has 3 aromatic rings. The maximum Gasteiger partial charge on any atom is 0.306 e. The van der Waals surface area contributed by atoms with Gasteiger partial charge in [0.1, 0.15) is 13.2 Å². The Morgan fingerprint density at radius 1 is 1.00 bits per heavy atom. The number of ketones is 1. The molecule has 6 heteroatoms. The normalized spacial score (nSPS) is 12.6. The molecule has 0 aliphatic heterocycles. The van der Waals surface area contributed by atoms with Crippen LogP contribution >= 0.6 is 11.3 Å². The lowest BCUT2D eigenvalue weighted by atomic mass is 10.0. The summed E-state index contributed by atoms with van der Waals surface area (Å²) in [6.07, 6.45) is 8.47. The van der Waals surface area contributed by atoms with E-state index in [0.717, 1.165) is 43.5 Å². The number of aryl methyl sites for hydroxylation is 1. The number of benzene rings is 2. The molecular weight excluding hydrogens is 482 g/mol. The number of rotatable bonds is 14. The minimum absolute atomic E-state index is 0.158. The number of allylic oxidation sites excluding steroid dienone is 1. The summed E-state index contributed by atoms with van der Waals surface area (Å²) >= 11 is 1.66. The molecule has 2 aromatic carbocycles. The number of nitrogens with zero attached hydrogens (tertiary/aromatic N) is 1. The minimum Gasteiger partial charge on any atom is -0.464 e. The van der Waals surface area contributed by atoms with Crippen LogP contribution in [0.15, 0.2) is 78.2 Å². The third-order valence-electron chi connectivity index (χ3n) is 6.46. The summed E-state index contributed by atoms with van der Waals surface area (Å²) in [5.41, 5.74) is 6.16. The van der Waals surface area contributed by atoms with Gasteiger partial charge in [-0.05, 0) is 64.6 Å². The van der Waals surface area contributed by atoms with E-state index in [1.165, 1.54) is 27.7 Å². The molecule has 0 unspecified atom stereocenters. The van der Waals surface area contributed by atoms with E-state index < -0.39 is 6.61 Å². The van der Waals surface area contributed by atoms with Crippen LogP contribution in [0.2, 0.25) is 0 Å². The predicted octanol–water partition coefficient (Wildman–Crippen LogP) is 5.33. The number of hydrogen-bond donors (Lipinski definition) is 1. The van der Waals surface area contributed by atoms with Crippen molar-refractivity contribution in [2.45, 2.75) is 32.2 Å². The van der Waals surface area contributed by atoms with Crippen LogP contribution < -0.4 is 0 Å². The summed E-state index contributed by atoms with van der Waals surface area (Å²) < 4.78 is 5.57. The molecule has 0 saturated carbocycles. The third-order valence-corrected chi connectivity index (χ3v) is 7.39. The molecule has 0 spiro atoms. The SMILES string of the molecule is O=C(/C=C/c1ccc(CN(CCOC(=O)CCc2cccs2)CCC2=CCc3ccccc32)cc1)CO. The van der Waals surface area contributed by atoms with Crippen molar-refractivity contribution in [3.63, 3.8) is 0 Å². The highest BCUT2D eigenvalue weighted by Gasteiger charge is 2.15. The van der Waals surface area contributed by atoms with E-state index in [1.807, 2.05) is 41.8 Å². The fourth-order valence-electron chi connectivity index (χ4n) is 4.41. The Balaban J connectivity index is 1.33. The fraction of sp³-hybridized carbons (Fsp3) is 0.290. The van der Waals surface area contributed by atoms with Crippen molar-refractivity contribution >= 4 is 34.7 Å². The van der Waals surface area contributed by atoms with Crippen LogP contribution in [0.25, 0.3) is 11.6 Å². The lowest BCUT2D eigenvalue weighted by molar-refractivity contribution is -0.144. The lowest BCUT2D eigenvalue weighted by Gasteiger charge is -2.23. The highest BCUT2D eigenvalue weighted by atomic mass is 32.1. The number of aliphatic hydroxyl groups excluding tert-OH is 1. The molecule has 1 aliphatic rings. The number of fused-ring (bicyclic) bond motifs is 1. The van der Waals surface area contributed by atoms with Crippen LogP contribution in [-0.4, -0.2) is 48.1 Å². The molecule has 5 nitrogen and oxygen atoms in total. The summed E-state index contributed by atoms with van der Waals surface area (Å²) in [6, 6.07) is 20.6. The smallest absolute Gasteiger partial charge is 0.306 e. The fourth-order valence-corrected chi connectivity index (χ4v) is 5.12. The first-order chi connectivity index (χ1) is 18.1. The second-order valence-electron chi connectivity index (χ2n) is 9.12. The molecule has 1 heterocycles. The highest BCUT2D eigenvalue weighted by Crippen LogP contribution is 2.29. The molecule has 37 heavy (non-hydrogen) atoms. The van der Waals surface area contributed by atoms with E-state index in [1.54, 1.807) is 17.4 Å². The summed E-state index contributed by atoms with van der Waals surface area (Å²) in [6.45, 7) is 2.14. The number of esters is 1. The molecule has 0 radical (unpaired) electrons. The van der Waals surface area contributed by atoms with Crippen molar-refractivity contribution in [1.82, 2.24) is 4.90 Å². The molecule has 1 aliphatic carbocycles. The number of carbonyl (C=O) groups is 2. The van der Waals surface area contributed by atoms with Crippen molar-refractivity contribution in [2.75, 3.05) is 26.3 Å². The van der Waals surface area contributed by atoms with E-state index in [4.69, 9.17) is 9.84 Å². The van der Waals surface area contributed by atoms with Gasteiger partial charge in [-0.25, -0.2) is 0 Å². The summed E-state index contributed by atoms with van der Waals surface area (Å²) in [5, 5.41) is 10.9. The van der Waals surface area contributed by atoms with Gasteiger partial charge in [0.25, 0.3) is 0 Å². The standard InChI is InChI=1S/C31H33NO4S/c33-23-28(34)14-11-24-7-9-25(10-8-24)22-32(18-17-27-13-12-26-4-1-2-6-30(26)27)19-20-36-31(35)16-15-29-5-3-21-37-29/h1-11,13-14,21,33H,12,15-20,22-23H2/b14-11+.